The molecule has 0 aliphatic carbocycles. The second kappa shape index (κ2) is 7.32. The molecular formula is C11H18IN3O. The third-order valence-corrected chi connectivity index (χ3v) is 1.74. The summed E-state index contributed by atoms with van der Waals surface area (Å²) in [6.45, 7) is 4.49. The number of nitrogens with zero attached hydrogens (tertiary/aromatic N) is 1. The van der Waals surface area contributed by atoms with Crippen molar-refractivity contribution < 1.29 is 4.74 Å². The average Bonchev–Trinajstić information content (AvgIpc) is 2.16. The molecule has 1 rings (SSSR count). The van der Waals surface area contributed by atoms with Gasteiger partial charge in [0.05, 0.1) is 12.6 Å². The zero-order valence-corrected chi connectivity index (χ0v) is 11.8. The minimum absolute atomic E-state index is 0. The van der Waals surface area contributed by atoms with Crippen molar-refractivity contribution in [3.63, 3.8) is 0 Å². The van der Waals surface area contributed by atoms with Gasteiger partial charge in [0.15, 0.2) is 5.96 Å². The third kappa shape index (κ3) is 5.79. The third-order valence-electron chi connectivity index (χ3n) is 1.74. The van der Waals surface area contributed by atoms with Crippen molar-refractivity contribution >= 4 is 29.9 Å². The van der Waals surface area contributed by atoms with Crippen LogP contribution in [0.3, 0.4) is 0 Å². The van der Waals surface area contributed by atoms with E-state index in [1.54, 1.807) is 0 Å². The molecule has 1 aromatic carbocycles. The van der Waals surface area contributed by atoms with Gasteiger partial charge < -0.3 is 16.2 Å². The van der Waals surface area contributed by atoms with E-state index in [-0.39, 0.29) is 36.0 Å². The van der Waals surface area contributed by atoms with Gasteiger partial charge in [-0.1, -0.05) is 12.1 Å². The first kappa shape index (κ1) is 15.0. The van der Waals surface area contributed by atoms with Crippen LogP contribution < -0.4 is 16.2 Å². The largest absolute Gasteiger partial charge is 0.491 e. The molecule has 0 heterocycles. The van der Waals surface area contributed by atoms with Gasteiger partial charge in [0.1, 0.15) is 5.75 Å². The van der Waals surface area contributed by atoms with Gasteiger partial charge in [0, 0.05) is 0 Å². The monoisotopic (exact) mass is 335 g/mol. The molecule has 4 N–H and O–H groups in total. The van der Waals surface area contributed by atoms with E-state index in [2.05, 4.69) is 4.99 Å². The molecule has 0 aliphatic rings. The molecule has 0 saturated heterocycles. The van der Waals surface area contributed by atoms with Crippen molar-refractivity contribution in [2.75, 3.05) is 0 Å². The highest BCUT2D eigenvalue weighted by Crippen LogP contribution is 2.14. The number of hydrogen-bond acceptors (Lipinski definition) is 2. The van der Waals surface area contributed by atoms with E-state index in [9.17, 15) is 0 Å². The maximum Gasteiger partial charge on any atom is 0.186 e. The number of guanidine groups is 1. The number of rotatable bonds is 4. The van der Waals surface area contributed by atoms with Crippen molar-refractivity contribution in [1.82, 2.24) is 0 Å². The molecular weight excluding hydrogens is 317 g/mol. The molecule has 0 amide bonds. The summed E-state index contributed by atoms with van der Waals surface area (Å²) in [5.41, 5.74) is 11.5. The Balaban J connectivity index is 0.00000225. The predicted octanol–water partition coefficient (Wildman–Crippen LogP) is 1.87. The van der Waals surface area contributed by atoms with Crippen LogP contribution in [0.5, 0.6) is 5.75 Å². The highest BCUT2D eigenvalue weighted by molar-refractivity contribution is 14.0. The maximum atomic E-state index is 5.51. The van der Waals surface area contributed by atoms with E-state index in [1.165, 1.54) is 0 Å². The summed E-state index contributed by atoms with van der Waals surface area (Å²) in [5.74, 6) is 0.968. The highest BCUT2D eigenvalue weighted by Gasteiger charge is 1.97. The van der Waals surface area contributed by atoms with Crippen LogP contribution in [-0.2, 0) is 6.54 Å². The molecule has 0 saturated carbocycles. The second-order valence-electron chi connectivity index (χ2n) is 3.55. The summed E-state index contributed by atoms with van der Waals surface area (Å²) in [4.78, 5) is 3.92. The second-order valence-corrected chi connectivity index (χ2v) is 3.55. The van der Waals surface area contributed by atoms with Gasteiger partial charge in [-0.3, -0.25) is 0 Å². The minimum Gasteiger partial charge on any atom is -0.491 e. The maximum absolute atomic E-state index is 5.51. The SMILES string of the molecule is CC(C)Oc1ccc(CN=C(N)N)cc1.I. The Kier molecular flexibility index (Phi) is 6.87. The molecule has 0 spiro atoms. The molecule has 0 aliphatic heterocycles. The van der Waals surface area contributed by atoms with Crippen LogP contribution in [0.4, 0.5) is 0 Å². The molecule has 0 bridgehead atoms. The number of hydrogen-bond donors (Lipinski definition) is 2. The van der Waals surface area contributed by atoms with Crippen molar-refractivity contribution in [2.45, 2.75) is 26.5 Å². The molecule has 0 radical (unpaired) electrons. The lowest BCUT2D eigenvalue weighted by molar-refractivity contribution is 0.242. The van der Waals surface area contributed by atoms with E-state index in [1.807, 2.05) is 38.1 Å². The lowest BCUT2D eigenvalue weighted by Gasteiger charge is -2.09. The zero-order valence-electron chi connectivity index (χ0n) is 9.51. The lowest BCUT2D eigenvalue weighted by atomic mass is 10.2. The van der Waals surface area contributed by atoms with Crippen molar-refractivity contribution in [2.24, 2.45) is 16.5 Å². The van der Waals surface area contributed by atoms with E-state index in [4.69, 9.17) is 16.2 Å². The Hall–Kier alpha value is -0.980. The minimum atomic E-state index is 0. The van der Waals surface area contributed by atoms with Gasteiger partial charge in [0.2, 0.25) is 0 Å². The van der Waals surface area contributed by atoms with Gasteiger partial charge in [-0.05, 0) is 31.5 Å². The quantitative estimate of drug-likeness (QED) is 0.501. The molecule has 0 unspecified atom stereocenters. The van der Waals surface area contributed by atoms with Crippen LogP contribution >= 0.6 is 24.0 Å². The molecule has 90 valence electrons. The first-order chi connectivity index (χ1) is 7.08. The topological polar surface area (TPSA) is 73.6 Å². The standard InChI is InChI=1S/C11H17N3O.HI/c1-8(2)15-10-5-3-9(4-6-10)7-14-11(12)13;/h3-6,8H,7H2,1-2H3,(H4,12,13,14);1H. The average molecular weight is 335 g/mol. The van der Waals surface area contributed by atoms with Crippen LogP contribution in [0.15, 0.2) is 29.3 Å². The Labute approximate surface area is 113 Å². The number of ether oxygens (including phenoxy) is 1. The van der Waals surface area contributed by atoms with Gasteiger partial charge in [-0.25, -0.2) is 4.99 Å². The summed E-state index contributed by atoms with van der Waals surface area (Å²) in [6.07, 6.45) is 0.188. The van der Waals surface area contributed by atoms with E-state index in [0.29, 0.717) is 6.54 Å². The van der Waals surface area contributed by atoms with Gasteiger partial charge in [-0.15, -0.1) is 24.0 Å². The van der Waals surface area contributed by atoms with Gasteiger partial charge in [-0.2, -0.15) is 0 Å². The fraction of sp³-hybridized carbons (Fsp3) is 0.364. The molecule has 1 aromatic rings. The molecule has 0 aromatic heterocycles. The Morgan fingerprint density at radius 1 is 1.25 bits per heavy atom. The molecule has 16 heavy (non-hydrogen) atoms. The number of nitrogens with two attached hydrogens (primary N) is 2. The zero-order chi connectivity index (χ0) is 11.3. The van der Waals surface area contributed by atoms with Crippen LogP contribution in [0.25, 0.3) is 0 Å². The van der Waals surface area contributed by atoms with Crippen LogP contribution in [0, 0.1) is 0 Å². The molecule has 4 nitrogen and oxygen atoms in total. The lowest BCUT2D eigenvalue weighted by Crippen LogP contribution is -2.22. The Morgan fingerprint density at radius 2 is 1.81 bits per heavy atom. The molecule has 5 heteroatoms. The summed E-state index contributed by atoms with van der Waals surface area (Å²) >= 11 is 0. The first-order valence-corrected chi connectivity index (χ1v) is 4.89. The fourth-order valence-electron chi connectivity index (χ4n) is 1.13. The Bertz CT molecular complexity index is 332. The van der Waals surface area contributed by atoms with Crippen molar-refractivity contribution in [1.29, 1.82) is 0 Å². The van der Waals surface area contributed by atoms with Crippen molar-refractivity contribution in [3.8, 4) is 5.75 Å². The molecule has 0 atom stereocenters. The summed E-state index contributed by atoms with van der Waals surface area (Å²) in [7, 11) is 0. The van der Waals surface area contributed by atoms with E-state index >= 15 is 0 Å². The van der Waals surface area contributed by atoms with Crippen LogP contribution in [-0.4, -0.2) is 12.1 Å². The van der Waals surface area contributed by atoms with E-state index in [0.717, 1.165) is 11.3 Å². The Morgan fingerprint density at radius 3 is 2.25 bits per heavy atom. The number of aliphatic imine (C=N–C) groups is 1. The summed E-state index contributed by atoms with van der Waals surface area (Å²) in [6, 6.07) is 7.73. The summed E-state index contributed by atoms with van der Waals surface area (Å²) < 4.78 is 5.51. The van der Waals surface area contributed by atoms with Gasteiger partial charge in [0.25, 0.3) is 0 Å². The molecule has 0 fully saturated rings. The number of halogens is 1. The highest BCUT2D eigenvalue weighted by atomic mass is 127. The van der Waals surface area contributed by atoms with Crippen LogP contribution in [0.1, 0.15) is 19.4 Å². The first-order valence-electron chi connectivity index (χ1n) is 4.89. The van der Waals surface area contributed by atoms with Crippen molar-refractivity contribution in [3.05, 3.63) is 29.8 Å². The smallest absolute Gasteiger partial charge is 0.186 e. The number of benzene rings is 1. The normalized spacial score (nSPS) is 9.44. The van der Waals surface area contributed by atoms with E-state index < -0.39 is 0 Å². The predicted molar refractivity (Wildman–Crippen MR) is 77.1 cm³/mol. The van der Waals surface area contributed by atoms with Gasteiger partial charge >= 0.3 is 0 Å². The van der Waals surface area contributed by atoms with Crippen LogP contribution in [0.2, 0.25) is 0 Å². The summed E-state index contributed by atoms with van der Waals surface area (Å²) in [5, 5.41) is 0. The fourth-order valence-corrected chi connectivity index (χ4v) is 1.13.